The van der Waals surface area contributed by atoms with Crippen molar-refractivity contribution in [1.29, 1.82) is 0 Å². The van der Waals surface area contributed by atoms with Crippen LogP contribution in [0.1, 0.15) is 37.3 Å². The molecule has 1 aromatic heterocycles. The van der Waals surface area contributed by atoms with Gasteiger partial charge in [0.1, 0.15) is 5.82 Å². The largest absolute Gasteiger partial charge is 0.337 e. The maximum atomic E-state index is 4.70. The molecule has 6 heteroatoms. The van der Waals surface area contributed by atoms with E-state index >= 15 is 0 Å². The number of nitrogens with one attached hydrogen (secondary N) is 2. The fourth-order valence-corrected chi connectivity index (χ4v) is 3.87. The Morgan fingerprint density at radius 2 is 2.33 bits per heavy atom. The normalized spacial score (nSPS) is 29.5. The van der Waals surface area contributed by atoms with Crippen LogP contribution in [0.5, 0.6) is 0 Å². The zero-order valence-corrected chi connectivity index (χ0v) is 11.7. The molecule has 2 fully saturated rings. The molecule has 100 valence electrons. The smallest absolute Gasteiger partial charge is 0.244 e. The molecule has 5 nitrogen and oxygen atoms in total. The van der Waals surface area contributed by atoms with E-state index in [4.69, 9.17) is 4.98 Å². The van der Waals surface area contributed by atoms with E-state index in [2.05, 4.69) is 27.3 Å². The van der Waals surface area contributed by atoms with Gasteiger partial charge in [-0.1, -0.05) is 6.42 Å². The van der Waals surface area contributed by atoms with Crippen LogP contribution >= 0.6 is 11.8 Å². The number of aromatic amines is 1. The number of rotatable bonds is 2. The second-order valence-electron chi connectivity index (χ2n) is 5.18. The van der Waals surface area contributed by atoms with Crippen LogP contribution in [0.2, 0.25) is 0 Å². The molecule has 18 heavy (non-hydrogen) atoms. The highest BCUT2D eigenvalue weighted by atomic mass is 32.2. The Morgan fingerprint density at radius 1 is 1.39 bits per heavy atom. The summed E-state index contributed by atoms with van der Waals surface area (Å²) in [5, 5.41) is 11.5. The van der Waals surface area contributed by atoms with Gasteiger partial charge in [0.05, 0.1) is 5.25 Å². The number of aromatic nitrogens is 3. The molecule has 0 aromatic carbocycles. The van der Waals surface area contributed by atoms with Gasteiger partial charge in [-0.2, -0.15) is 16.7 Å². The van der Waals surface area contributed by atoms with Gasteiger partial charge in [0.25, 0.3) is 0 Å². The predicted molar refractivity (Wildman–Crippen MR) is 75.1 cm³/mol. The molecule has 2 N–H and O–H groups in total. The summed E-state index contributed by atoms with van der Waals surface area (Å²) in [5.74, 6) is 3.20. The second kappa shape index (κ2) is 5.48. The van der Waals surface area contributed by atoms with E-state index in [9.17, 15) is 0 Å². The highest BCUT2D eigenvalue weighted by molar-refractivity contribution is 7.99. The lowest BCUT2D eigenvalue weighted by molar-refractivity contribution is 0.479. The number of hydrogen-bond donors (Lipinski definition) is 2. The molecule has 2 unspecified atom stereocenters. The van der Waals surface area contributed by atoms with E-state index in [1.54, 1.807) is 0 Å². The van der Waals surface area contributed by atoms with E-state index < -0.39 is 0 Å². The fourth-order valence-electron chi connectivity index (χ4n) is 2.62. The minimum Gasteiger partial charge on any atom is -0.337 e. The van der Waals surface area contributed by atoms with Gasteiger partial charge in [0, 0.05) is 25.7 Å². The Balaban J connectivity index is 1.68. The molecule has 3 rings (SSSR count). The lowest BCUT2D eigenvalue weighted by atomic mass is 10.2. The van der Waals surface area contributed by atoms with Crippen molar-refractivity contribution in [1.82, 2.24) is 20.5 Å². The number of anilines is 1. The summed E-state index contributed by atoms with van der Waals surface area (Å²) in [6.07, 6.45) is 3.90. The summed E-state index contributed by atoms with van der Waals surface area (Å²) in [6.45, 7) is 5.22. The maximum absolute atomic E-state index is 4.70. The standard InChI is InChI=1S/C12H21N5S/c1-9-8-17(6-5-13-9)12-14-11(15-16-12)10-4-2-3-7-18-10/h9-10,13H,2-8H2,1H3,(H,14,15,16). The minimum absolute atomic E-state index is 0.518. The van der Waals surface area contributed by atoms with Crippen molar-refractivity contribution in [2.45, 2.75) is 37.5 Å². The number of H-pyrrole nitrogens is 1. The summed E-state index contributed by atoms with van der Waals surface area (Å²) in [7, 11) is 0. The van der Waals surface area contributed by atoms with Gasteiger partial charge in [-0.3, -0.25) is 5.10 Å². The lowest BCUT2D eigenvalue weighted by Gasteiger charge is -2.30. The molecule has 0 radical (unpaired) electrons. The van der Waals surface area contributed by atoms with Crippen LogP contribution in [0.3, 0.4) is 0 Å². The molecule has 2 aliphatic rings. The van der Waals surface area contributed by atoms with Crippen LogP contribution in [0, 0.1) is 0 Å². The van der Waals surface area contributed by atoms with Crippen LogP contribution in [-0.4, -0.2) is 46.6 Å². The number of piperazine rings is 1. The summed E-state index contributed by atoms with van der Waals surface area (Å²) in [4.78, 5) is 6.98. The Kier molecular flexibility index (Phi) is 3.75. The van der Waals surface area contributed by atoms with Crippen LogP contribution in [0.4, 0.5) is 5.95 Å². The summed E-state index contributed by atoms with van der Waals surface area (Å²) in [6, 6.07) is 0.518. The van der Waals surface area contributed by atoms with E-state index in [0.717, 1.165) is 31.4 Å². The van der Waals surface area contributed by atoms with Crippen molar-refractivity contribution < 1.29 is 0 Å². The average molecular weight is 267 g/mol. The third-order valence-corrected chi connectivity index (χ3v) is 5.01. The molecule has 2 atom stereocenters. The molecule has 3 heterocycles. The molecule has 0 aliphatic carbocycles. The summed E-state index contributed by atoms with van der Waals surface area (Å²) in [5.41, 5.74) is 0. The molecule has 0 saturated carbocycles. The first-order chi connectivity index (χ1) is 8.83. The summed E-state index contributed by atoms with van der Waals surface area (Å²) >= 11 is 2.01. The maximum Gasteiger partial charge on any atom is 0.244 e. The van der Waals surface area contributed by atoms with Crippen LogP contribution in [-0.2, 0) is 0 Å². The van der Waals surface area contributed by atoms with Crippen LogP contribution in [0.15, 0.2) is 0 Å². The highest BCUT2D eigenvalue weighted by Crippen LogP contribution is 2.36. The van der Waals surface area contributed by atoms with Crippen LogP contribution < -0.4 is 10.2 Å². The van der Waals surface area contributed by atoms with Gasteiger partial charge in [-0.05, 0) is 25.5 Å². The van der Waals surface area contributed by atoms with Crippen molar-refractivity contribution in [2.75, 3.05) is 30.3 Å². The molecule has 0 bridgehead atoms. The average Bonchev–Trinajstić information content (AvgIpc) is 2.89. The van der Waals surface area contributed by atoms with Gasteiger partial charge in [0.15, 0.2) is 0 Å². The van der Waals surface area contributed by atoms with Gasteiger partial charge < -0.3 is 10.2 Å². The van der Waals surface area contributed by atoms with Gasteiger partial charge in [-0.15, -0.1) is 5.10 Å². The van der Waals surface area contributed by atoms with E-state index in [-0.39, 0.29) is 0 Å². The topological polar surface area (TPSA) is 56.8 Å². The van der Waals surface area contributed by atoms with Gasteiger partial charge in [-0.25, -0.2) is 0 Å². The number of thioether (sulfide) groups is 1. The molecule has 0 amide bonds. The van der Waals surface area contributed by atoms with E-state index in [1.807, 2.05) is 11.8 Å². The molecule has 2 saturated heterocycles. The third-order valence-electron chi connectivity index (χ3n) is 3.63. The first-order valence-electron chi connectivity index (χ1n) is 6.85. The fraction of sp³-hybridized carbons (Fsp3) is 0.833. The zero-order chi connectivity index (χ0) is 12.4. The first kappa shape index (κ1) is 12.3. The van der Waals surface area contributed by atoms with E-state index in [1.165, 1.54) is 25.0 Å². The van der Waals surface area contributed by atoms with Crippen LogP contribution in [0.25, 0.3) is 0 Å². The molecule has 1 aromatic rings. The Morgan fingerprint density at radius 3 is 3.11 bits per heavy atom. The van der Waals surface area contributed by atoms with Crippen molar-refractivity contribution in [3.05, 3.63) is 5.82 Å². The first-order valence-corrected chi connectivity index (χ1v) is 7.90. The molecular weight excluding hydrogens is 246 g/mol. The molecular formula is C12H21N5S. The van der Waals surface area contributed by atoms with Crippen molar-refractivity contribution in [3.63, 3.8) is 0 Å². The predicted octanol–water partition coefficient (Wildman–Crippen LogP) is 1.56. The van der Waals surface area contributed by atoms with Gasteiger partial charge in [0.2, 0.25) is 5.95 Å². The van der Waals surface area contributed by atoms with Crippen molar-refractivity contribution >= 4 is 17.7 Å². The SMILES string of the molecule is CC1CN(c2n[nH]c(C3CCCCS3)n2)CCN1. The van der Waals surface area contributed by atoms with Gasteiger partial charge >= 0.3 is 0 Å². The molecule has 0 spiro atoms. The number of hydrogen-bond acceptors (Lipinski definition) is 5. The summed E-state index contributed by atoms with van der Waals surface area (Å²) < 4.78 is 0. The number of nitrogens with zero attached hydrogens (tertiary/aromatic N) is 3. The Labute approximate surface area is 112 Å². The minimum atomic E-state index is 0.518. The van der Waals surface area contributed by atoms with Crippen molar-refractivity contribution in [2.24, 2.45) is 0 Å². The zero-order valence-electron chi connectivity index (χ0n) is 10.9. The third kappa shape index (κ3) is 2.64. The lowest BCUT2D eigenvalue weighted by Crippen LogP contribution is -2.49. The highest BCUT2D eigenvalue weighted by Gasteiger charge is 2.23. The molecule has 2 aliphatic heterocycles. The second-order valence-corrected chi connectivity index (χ2v) is 6.49. The quantitative estimate of drug-likeness (QED) is 0.851. The Bertz CT molecular complexity index is 388. The van der Waals surface area contributed by atoms with E-state index in [0.29, 0.717) is 11.3 Å². The Hall–Kier alpha value is -0.750. The van der Waals surface area contributed by atoms with Crippen molar-refractivity contribution in [3.8, 4) is 0 Å². The monoisotopic (exact) mass is 267 g/mol.